The number of hydrogen-bond acceptors (Lipinski definition) is 0. The SMILES string of the molecule is CC(C)(C)[C]1[CH][CH-]C(C(C)(C)C)=C1.CC(C)(C)c1c[cH-]c(C(C)(C)C)c1.[Mn+2]. The van der Waals surface area contributed by atoms with Crippen LogP contribution in [0.15, 0.2) is 29.8 Å². The van der Waals surface area contributed by atoms with Gasteiger partial charge in [0.25, 0.3) is 0 Å². The molecule has 1 aliphatic carbocycles. The molecule has 0 fully saturated rings. The van der Waals surface area contributed by atoms with Gasteiger partial charge in [-0.2, -0.15) is 23.3 Å². The van der Waals surface area contributed by atoms with Gasteiger partial charge < -0.3 is 0 Å². The summed E-state index contributed by atoms with van der Waals surface area (Å²) in [5, 5.41) is 0. The Morgan fingerprint density at radius 3 is 1.41 bits per heavy atom. The van der Waals surface area contributed by atoms with Crippen molar-refractivity contribution in [2.24, 2.45) is 10.8 Å². The second kappa shape index (κ2) is 8.87. The molecule has 0 amide bonds. The molecule has 1 aromatic rings. The third-order valence-corrected chi connectivity index (χ3v) is 4.97. The summed E-state index contributed by atoms with van der Waals surface area (Å²) < 4.78 is 0. The molecule has 153 valence electrons. The summed E-state index contributed by atoms with van der Waals surface area (Å²) in [5.41, 5.74) is 5.45. The van der Waals surface area contributed by atoms with Gasteiger partial charge in [0, 0.05) is 0 Å². The summed E-state index contributed by atoms with van der Waals surface area (Å²) in [6.07, 6.45) is 6.83. The van der Waals surface area contributed by atoms with Crippen LogP contribution < -0.4 is 0 Å². The Morgan fingerprint density at radius 2 is 1.19 bits per heavy atom. The van der Waals surface area contributed by atoms with Gasteiger partial charge in [-0.15, -0.1) is 6.42 Å². The van der Waals surface area contributed by atoms with Gasteiger partial charge in [0.1, 0.15) is 0 Å². The van der Waals surface area contributed by atoms with Gasteiger partial charge in [-0.1, -0.05) is 94.4 Å². The van der Waals surface area contributed by atoms with Crippen molar-refractivity contribution in [3.05, 3.63) is 59.7 Å². The van der Waals surface area contributed by atoms with E-state index in [9.17, 15) is 0 Å². The predicted octanol–water partition coefficient (Wildman–Crippen LogP) is 8.00. The third kappa shape index (κ3) is 8.16. The first-order valence-electron chi connectivity index (χ1n) is 9.98. The molecule has 0 aromatic heterocycles. The Kier molecular flexibility index (Phi) is 8.70. The van der Waals surface area contributed by atoms with Crippen LogP contribution in [-0.4, -0.2) is 0 Å². The largest absolute Gasteiger partial charge is 2.00 e. The van der Waals surface area contributed by atoms with Crippen molar-refractivity contribution >= 4 is 0 Å². The zero-order valence-electron chi connectivity index (χ0n) is 19.8. The van der Waals surface area contributed by atoms with E-state index in [-0.39, 0.29) is 38.7 Å². The van der Waals surface area contributed by atoms with Crippen molar-refractivity contribution in [3.63, 3.8) is 0 Å². The van der Waals surface area contributed by atoms with Crippen molar-refractivity contribution in [3.8, 4) is 0 Å². The molecule has 0 saturated carbocycles. The molecule has 0 aliphatic heterocycles. The van der Waals surface area contributed by atoms with Crippen LogP contribution in [0.4, 0.5) is 0 Å². The zero-order valence-corrected chi connectivity index (χ0v) is 21.0. The van der Waals surface area contributed by atoms with E-state index in [1.807, 2.05) is 0 Å². The minimum absolute atomic E-state index is 0. The van der Waals surface area contributed by atoms with Crippen LogP contribution in [0.25, 0.3) is 0 Å². The first-order valence-corrected chi connectivity index (χ1v) is 9.98. The van der Waals surface area contributed by atoms with Crippen molar-refractivity contribution in [2.45, 2.75) is 93.9 Å². The van der Waals surface area contributed by atoms with Crippen LogP contribution in [0, 0.1) is 29.6 Å². The Bertz CT molecular complexity index is 572. The van der Waals surface area contributed by atoms with Crippen LogP contribution in [0.2, 0.25) is 0 Å². The maximum absolute atomic E-state index is 2.33. The first kappa shape index (κ1) is 26.5. The molecule has 0 atom stereocenters. The van der Waals surface area contributed by atoms with E-state index in [1.54, 1.807) is 0 Å². The Hall–Kier alpha value is -0.521. The quantitative estimate of drug-likeness (QED) is 0.301. The van der Waals surface area contributed by atoms with Gasteiger partial charge in [0.05, 0.1) is 0 Å². The average Bonchev–Trinajstić information content (AvgIpc) is 3.06. The molecule has 1 aliphatic rings. The summed E-state index contributed by atoms with van der Waals surface area (Å²) >= 11 is 0. The fraction of sp³-hybridized carbons (Fsp3) is 0.615. The van der Waals surface area contributed by atoms with Crippen LogP contribution in [0.3, 0.4) is 0 Å². The number of allylic oxidation sites excluding steroid dienone is 2. The molecule has 1 aromatic carbocycles. The number of rotatable bonds is 0. The molecule has 0 bridgehead atoms. The molecular formula is C26H42Mn. The topological polar surface area (TPSA) is 0 Å². The first-order chi connectivity index (χ1) is 11.4. The molecule has 1 heteroatoms. The van der Waals surface area contributed by atoms with Crippen LogP contribution in [0.5, 0.6) is 0 Å². The fourth-order valence-corrected chi connectivity index (χ4v) is 2.75. The van der Waals surface area contributed by atoms with Crippen LogP contribution in [-0.2, 0) is 27.9 Å². The monoisotopic (exact) mass is 409 g/mol. The van der Waals surface area contributed by atoms with Gasteiger partial charge in [0.15, 0.2) is 0 Å². The molecule has 0 heterocycles. The Balaban J connectivity index is 0.000000483. The van der Waals surface area contributed by atoms with Crippen molar-refractivity contribution < 1.29 is 17.1 Å². The summed E-state index contributed by atoms with van der Waals surface area (Å²) in [5.74, 6) is 1.44. The maximum Gasteiger partial charge on any atom is 2.00 e. The summed E-state index contributed by atoms with van der Waals surface area (Å²) in [6.45, 7) is 27.1. The Labute approximate surface area is 181 Å². The van der Waals surface area contributed by atoms with Gasteiger partial charge >= 0.3 is 17.1 Å². The molecule has 0 N–H and O–H groups in total. The van der Waals surface area contributed by atoms with Crippen LogP contribution >= 0.6 is 0 Å². The van der Waals surface area contributed by atoms with Gasteiger partial charge in [-0.3, -0.25) is 0 Å². The molecule has 27 heavy (non-hydrogen) atoms. The fourth-order valence-electron chi connectivity index (χ4n) is 2.75. The molecule has 0 nitrogen and oxygen atoms in total. The second-order valence-corrected chi connectivity index (χ2v) is 11.8. The second-order valence-electron chi connectivity index (χ2n) is 11.8. The summed E-state index contributed by atoms with van der Waals surface area (Å²) in [4.78, 5) is 0. The minimum atomic E-state index is 0. The smallest absolute Gasteiger partial charge is 0.225 e. The molecule has 3 radical (unpaired) electrons. The number of hydrogen-bond donors (Lipinski definition) is 0. The third-order valence-electron chi connectivity index (χ3n) is 4.97. The summed E-state index contributed by atoms with van der Waals surface area (Å²) in [7, 11) is 0. The molecular weight excluding hydrogens is 367 g/mol. The zero-order chi connectivity index (χ0) is 20.6. The van der Waals surface area contributed by atoms with Crippen molar-refractivity contribution in [1.82, 2.24) is 0 Å². The van der Waals surface area contributed by atoms with Crippen molar-refractivity contribution in [1.29, 1.82) is 0 Å². The van der Waals surface area contributed by atoms with E-state index < -0.39 is 0 Å². The predicted molar refractivity (Wildman–Crippen MR) is 118 cm³/mol. The van der Waals surface area contributed by atoms with E-state index in [4.69, 9.17) is 0 Å². The standard InChI is InChI=1S/2C13H21.Mn/c2*1-12(2,3)10-7-8-11(9-10)13(4,5)6;/h2*7-9H,1-6H3;/q2*-1;+2. The summed E-state index contributed by atoms with van der Waals surface area (Å²) in [6, 6.07) is 6.83. The molecule has 0 saturated heterocycles. The molecule has 0 spiro atoms. The molecule has 0 unspecified atom stereocenters. The van der Waals surface area contributed by atoms with Gasteiger partial charge in [-0.05, 0) is 16.2 Å². The van der Waals surface area contributed by atoms with Gasteiger partial charge in [-0.25, -0.2) is 24.1 Å². The van der Waals surface area contributed by atoms with E-state index in [0.29, 0.717) is 0 Å². The minimum Gasteiger partial charge on any atom is -0.225 e. The van der Waals surface area contributed by atoms with Crippen LogP contribution in [0.1, 0.15) is 94.2 Å². The Morgan fingerprint density at radius 1 is 0.667 bits per heavy atom. The van der Waals surface area contributed by atoms with E-state index in [1.165, 1.54) is 22.6 Å². The van der Waals surface area contributed by atoms with Gasteiger partial charge in [0.2, 0.25) is 0 Å². The average molecular weight is 410 g/mol. The normalized spacial score (nSPS) is 16.1. The molecule has 2 rings (SSSR count). The maximum atomic E-state index is 2.33. The van der Waals surface area contributed by atoms with E-state index in [0.717, 1.165) is 0 Å². The van der Waals surface area contributed by atoms with E-state index >= 15 is 0 Å². The van der Waals surface area contributed by atoms with E-state index in [2.05, 4.69) is 120 Å². The van der Waals surface area contributed by atoms with Crippen molar-refractivity contribution in [2.75, 3.05) is 0 Å².